The number of carbonyl (C=O) groups excluding carboxylic acids is 1. The molecule has 3 aromatic heterocycles. The number of pyridine rings is 1. The molecule has 0 bridgehead atoms. The van der Waals surface area contributed by atoms with E-state index in [2.05, 4.69) is 20.2 Å². The van der Waals surface area contributed by atoms with Gasteiger partial charge in [0.05, 0.1) is 11.9 Å². The predicted octanol–water partition coefficient (Wildman–Crippen LogP) is 3.64. The molecule has 0 fully saturated rings. The number of carbonyl (C=O) groups is 1. The molecule has 4 rings (SSSR count). The Hall–Kier alpha value is -3.52. The van der Waals surface area contributed by atoms with E-state index in [0.717, 1.165) is 5.56 Å². The average Bonchev–Trinajstić information content (AvgIpc) is 3.34. The van der Waals surface area contributed by atoms with Crippen LogP contribution in [0.3, 0.4) is 0 Å². The Labute approximate surface area is 164 Å². The van der Waals surface area contributed by atoms with Crippen molar-refractivity contribution in [2.24, 2.45) is 0 Å². The summed E-state index contributed by atoms with van der Waals surface area (Å²) < 4.78 is 12.0. The molecule has 4 aromatic rings. The van der Waals surface area contributed by atoms with E-state index in [1.807, 2.05) is 6.07 Å². The van der Waals surface area contributed by atoms with Crippen LogP contribution in [0, 0.1) is 6.92 Å². The van der Waals surface area contributed by atoms with E-state index in [0.29, 0.717) is 27.9 Å². The SMILES string of the molecule is Cc1c(C(=O)OCc2nc(-c3ccc(Cl)cc3)no2)cnn1-c1ccccn1. The molecule has 8 nitrogen and oxygen atoms in total. The van der Waals surface area contributed by atoms with Gasteiger partial charge in [-0.25, -0.2) is 14.5 Å². The highest BCUT2D eigenvalue weighted by atomic mass is 35.5. The summed E-state index contributed by atoms with van der Waals surface area (Å²) in [6.07, 6.45) is 3.10. The first-order valence-electron chi connectivity index (χ1n) is 8.33. The number of hydrogen-bond acceptors (Lipinski definition) is 7. The molecule has 140 valence electrons. The molecule has 9 heteroatoms. The van der Waals surface area contributed by atoms with Crippen molar-refractivity contribution in [3.05, 3.63) is 77.0 Å². The van der Waals surface area contributed by atoms with Gasteiger partial charge in [0.2, 0.25) is 5.82 Å². The molecule has 0 N–H and O–H groups in total. The van der Waals surface area contributed by atoms with E-state index in [4.69, 9.17) is 20.9 Å². The monoisotopic (exact) mass is 395 g/mol. The first-order valence-corrected chi connectivity index (χ1v) is 8.71. The van der Waals surface area contributed by atoms with Crippen molar-refractivity contribution in [3.63, 3.8) is 0 Å². The Bertz CT molecular complexity index is 1110. The van der Waals surface area contributed by atoms with E-state index in [9.17, 15) is 4.79 Å². The van der Waals surface area contributed by atoms with Gasteiger partial charge < -0.3 is 9.26 Å². The molecular weight excluding hydrogens is 382 g/mol. The highest BCUT2D eigenvalue weighted by Gasteiger charge is 2.18. The normalized spacial score (nSPS) is 10.8. The van der Waals surface area contributed by atoms with Crippen LogP contribution in [-0.2, 0) is 11.3 Å². The molecule has 0 unspecified atom stereocenters. The molecule has 1 aromatic carbocycles. The predicted molar refractivity (Wildman–Crippen MR) is 100.0 cm³/mol. The van der Waals surface area contributed by atoms with E-state index < -0.39 is 5.97 Å². The smallest absolute Gasteiger partial charge is 0.342 e. The van der Waals surface area contributed by atoms with E-state index >= 15 is 0 Å². The van der Waals surface area contributed by atoms with Gasteiger partial charge in [0.1, 0.15) is 5.56 Å². The molecule has 0 saturated heterocycles. The number of aromatic nitrogens is 5. The van der Waals surface area contributed by atoms with Gasteiger partial charge in [-0.15, -0.1) is 0 Å². The van der Waals surface area contributed by atoms with Crippen LogP contribution in [0.5, 0.6) is 0 Å². The Morgan fingerprint density at radius 1 is 1.21 bits per heavy atom. The summed E-state index contributed by atoms with van der Waals surface area (Å²) >= 11 is 5.87. The van der Waals surface area contributed by atoms with Crippen molar-refractivity contribution in [3.8, 4) is 17.2 Å². The first kappa shape index (κ1) is 17.9. The zero-order valence-corrected chi connectivity index (χ0v) is 15.5. The van der Waals surface area contributed by atoms with Crippen molar-refractivity contribution in [1.82, 2.24) is 24.9 Å². The maximum atomic E-state index is 12.4. The molecule has 0 saturated carbocycles. The number of esters is 1. The minimum absolute atomic E-state index is 0.145. The van der Waals surface area contributed by atoms with Gasteiger partial charge in [-0.05, 0) is 43.3 Å². The van der Waals surface area contributed by atoms with Gasteiger partial charge in [0.25, 0.3) is 5.89 Å². The fourth-order valence-corrected chi connectivity index (χ4v) is 2.68. The molecular formula is C19H14ClN5O3. The molecule has 28 heavy (non-hydrogen) atoms. The number of nitrogens with zero attached hydrogens (tertiary/aromatic N) is 5. The van der Waals surface area contributed by atoms with Gasteiger partial charge in [-0.2, -0.15) is 10.1 Å². The van der Waals surface area contributed by atoms with Crippen LogP contribution in [0.1, 0.15) is 21.9 Å². The Morgan fingerprint density at radius 3 is 2.79 bits per heavy atom. The Morgan fingerprint density at radius 2 is 2.04 bits per heavy atom. The van der Waals surface area contributed by atoms with Crippen LogP contribution in [0.25, 0.3) is 17.2 Å². The minimum Gasteiger partial charge on any atom is -0.452 e. The molecule has 0 amide bonds. The van der Waals surface area contributed by atoms with E-state index in [1.165, 1.54) is 6.20 Å². The number of halogens is 1. The van der Waals surface area contributed by atoms with Crippen LogP contribution >= 0.6 is 11.6 Å². The van der Waals surface area contributed by atoms with Crippen molar-refractivity contribution < 1.29 is 14.1 Å². The highest BCUT2D eigenvalue weighted by Crippen LogP contribution is 2.19. The minimum atomic E-state index is -0.536. The summed E-state index contributed by atoms with van der Waals surface area (Å²) in [5.41, 5.74) is 1.71. The summed E-state index contributed by atoms with van der Waals surface area (Å²) in [6, 6.07) is 12.5. The molecule has 3 heterocycles. The Balaban J connectivity index is 1.44. The van der Waals surface area contributed by atoms with Gasteiger partial charge in [-0.3, -0.25) is 0 Å². The summed E-state index contributed by atoms with van der Waals surface area (Å²) in [7, 11) is 0. The summed E-state index contributed by atoms with van der Waals surface area (Å²) in [4.78, 5) is 20.8. The van der Waals surface area contributed by atoms with Crippen LogP contribution in [0.4, 0.5) is 0 Å². The van der Waals surface area contributed by atoms with Crippen LogP contribution in [0.2, 0.25) is 5.02 Å². The second-order valence-corrected chi connectivity index (χ2v) is 6.27. The lowest BCUT2D eigenvalue weighted by Gasteiger charge is -2.04. The standard InChI is InChI=1S/C19H14ClN5O3/c1-12-15(10-22-25(12)16-4-2-3-9-21-16)19(26)27-11-17-23-18(24-28-17)13-5-7-14(20)8-6-13/h2-10H,11H2,1H3. The fourth-order valence-electron chi connectivity index (χ4n) is 2.55. The lowest BCUT2D eigenvalue weighted by atomic mass is 10.2. The average molecular weight is 396 g/mol. The van der Waals surface area contributed by atoms with Crippen molar-refractivity contribution >= 4 is 17.6 Å². The molecule has 0 atom stereocenters. The summed E-state index contributed by atoms with van der Waals surface area (Å²) in [5.74, 6) is 0.657. The molecule has 0 aliphatic heterocycles. The number of rotatable bonds is 5. The third kappa shape index (κ3) is 3.63. The first-order chi connectivity index (χ1) is 13.6. The van der Waals surface area contributed by atoms with Gasteiger partial charge in [-0.1, -0.05) is 22.8 Å². The molecule has 0 aliphatic carbocycles. The number of hydrogen-bond donors (Lipinski definition) is 0. The van der Waals surface area contributed by atoms with Gasteiger partial charge >= 0.3 is 5.97 Å². The third-order valence-corrected chi connectivity index (χ3v) is 4.25. The van der Waals surface area contributed by atoms with E-state index in [1.54, 1.807) is 54.2 Å². The number of benzene rings is 1. The van der Waals surface area contributed by atoms with E-state index in [-0.39, 0.29) is 12.5 Å². The van der Waals surface area contributed by atoms with Crippen molar-refractivity contribution in [1.29, 1.82) is 0 Å². The molecule has 0 aliphatic rings. The number of ether oxygens (including phenoxy) is 1. The Kier molecular flexibility index (Phi) is 4.86. The van der Waals surface area contributed by atoms with Crippen LogP contribution in [-0.4, -0.2) is 30.9 Å². The van der Waals surface area contributed by atoms with Crippen LogP contribution < -0.4 is 0 Å². The van der Waals surface area contributed by atoms with Crippen molar-refractivity contribution in [2.45, 2.75) is 13.5 Å². The lowest BCUT2D eigenvalue weighted by Crippen LogP contribution is -2.08. The maximum Gasteiger partial charge on any atom is 0.342 e. The van der Waals surface area contributed by atoms with Gasteiger partial charge in [0.15, 0.2) is 12.4 Å². The van der Waals surface area contributed by atoms with Crippen LogP contribution in [0.15, 0.2) is 59.4 Å². The highest BCUT2D eigenvalue weighted by molar-refractivity contribution is 6.30. The quantitative estimate of drug-likeness (QED) is 0.476. The molecule has 0 spiro atoms. The zero-order valence-electron chi connectivity index (χ0n) is 14.7. The third-order valence-electron chi connectivity index (χ3n) is 3.99. The summed E-state index contributed by atoms with van der Waals surface area (Å²) in [6.45, 7) is 1.62. The second-order valence-electron chi connectivity index (χ2n) is 5.84. The second kappa shape index (κ2) is 7.61. The largest absolute Gasteiger partial charge is 0.452 e. The molecule has 0 radical (unpaired) electrons. The fraction of sp³-hybridized carbons (Fsp3) is 0.105. The van der Waals surface area contributed by atoms with Gasteiger partial charge in [0, 0.05) is 16.8 Å². The van der Waals surface area contributed by atoms with Crippen molar-refractivity contribution in [2.75, 3.05) is 0 Å². The maximum absolute atomic E-state index is 12.4. The topological polar surface area (TPSA) is 95.9 Å². The summed E-state index contributed by atoms with van der Waals surface area (Å²) in [5, 5.41) is 8.70. The zero-order chi connectivity index (χ0) is 19.5. The lowest BCUT2D eigenvalue weighted by molar-refractivity contribution is 0.0429.